The van der Waals surface area contributed by atoms with Gasteiger partial charge in [0, 0.05) is 7.05 Å². The van der Waals surface area contributed by atoms with Crippen molar-refractivity contribution in [2.75, 3.05) is 5.32 Å². The molecule has 0 unspecified atom stereocenters. The fourth-order valence-electron chi connectivity index (χ4n) is 3.18. The number of nitrogens with zero attached hydrogens (tertiary/aromatic N) is 3. The first-order valence-corrected chi connectivity index (χ1v) is 9.18. The van der Waals surface area contributed by atoms with E-state index in [1.807, 2.05) is 68.4 Å². The number of hydrogen-bond acceptors (Lipinski definition) is 3. The van der Waals surface area contributed by atoms with Gasteiger partial charge < -0.3 is 5.32 Å². The van der Waals surface area contributed by atoms with Gasteiger partial charge >= 0.3 is 0 Å². The van der Waals surface area contributed by atoms with E-state index in [4.69, 9.17) is 0 Å². The summed E-state index contributed by atoms with van der Waals surface area (Å²) in [5.41, 5.74) is 3.87. The molecule has 1 amide bonds. The molecule has 146 valence electrons. The Hall–Kier alpha value is -3.85. The fourth-order valence-corrected chi connectivity index (χ4v) is 3.18. The van der Waals surface area contributed by atoms with Gasteiger partial charge in [-0.15, -0.1) is 0 Å². The maximum absolute atomic E-state index is 12.9. The first-order valence-electron chi connectivity index (χ1n) is 9.18. The smallest absolute Gasteiger partial charge is 0.295 e. The van der Waals surface area contributed by atoms with E-state index >= 15 is 0 Å². The highest BCUT2D eigenvalue weighted by Gasteiger charge is 2.20. The van der Waals surface area contributed by atoms with Gasteiger partial charge in [-0.3, -0.25) is 14.3 Å². The van der Waals surface area contributed by atoms with Crippen molar-refractivity contribution < 1.29 is 4.79 Å². The Morgan fingerprint density at radius 2 is 1.79 bits per heavy atom. The summed E-state index contributed by atoms with van der Waals surface area (Å²) >= 11 is 0. The molecule has 29 heavy (non-hydrogen) atoms. The molecular weight excluding hydrogens is 364 g/mol. The third-order valence-corrected chi connectivity index (χ3v) is 4.88. The second-order valence-electron chi connectivity index (χ2n) is 6.92. The molecule has 1 heterocycles. The molecule has 0 saturated carbocycles. The van der Waals surface area contributed by atoms with Crippen LogP contribution in [0.15, 0.2) is 58.9 Å². The Morgan fingerprint density at radius 1 is 1.10 bits per heavy atom. The van der Waals surface area contributed by atoms with Crippen LogP contribution in [-0.2, 0) is 11.8 Å². The van der Waals surface area contributed by atoms with Crippen LogP contribution in [0.4, 0.5) is 5.69 Å². The van der Waals surface area contributed by atoms with Crippen LogP contribution in [0, 0.1) is 32.1 Å². The van der Waals surface area contributed by atoms with E-state index in [-0.39, 0.29) is 16.8 Å². The number of rotatable bonds is 4. The summed E-state index contributed by atoms with van der Waals surface area (Å²) < 4.78 is 3.15. The van der Waals surface area contributed by atoms with Gasteiger partial charge in [-0.2, -0.15) is 5.26 Å². The highest BCUT2D eigenvalue weighted by Crippen LogP contribution is 2.17. The quantitative estimate of drug-likeness (QED) is 0.549. The van der Waals surface area contributed by atoms with Crippen LogP contribution in [0.1, 0.15) is 22.4 Å². The van der Waals surface area contributed by atoms with Crippen molar-refractivity contribution in [2.45, 2.75) is 20.8 Å². The van der Waals surface area contributed by atoms with Crippen LogP contribution < -0.4 is 10.9 Å². The van der Waals surface area contributed by atoms with Crippen LogP contribution >= 0.6 is 0 Å². The number of aromatic nitrogens is 2. The normalized spacial score (nSPS) is 11.2. The largest absolute Gasteiger partial charge is 0.315 e. The minimum Gasteiger partial charge on any atom is -0.315 e. The third-order valence-electron chi connectivity index (χ3n) is 4.88. The molecule has 0 aliphatic carbocycles. The van der Waals surface area contributed by atoms with Gasteiger partial charge in [0.2, 0.25) is 0 Å². The lowest BCUT2D eigenvalue weighted by molar-refractivity contribution is -0.112. The molecule has 0 aliphatic heterocycles. The summed E-state index contributed by atoms with van der Waals surface area (Å²) in [5.74, 6) is -0.613. The predicted molar refractivity (Wildman–Crippen MR) is 114 cm³/mol. The molecule has 2 aromatic carbocycles. The number of nitriles is 1. The van der Waals surface area contributed by atoms with E-state index in [1.165, 1.54) is 10.8 Å². The third kappa shape index (κ3) is 3.90. The van der Waals surface area contributed by atoms with Gasteiger partial charge in [-0.1, -0.05) is 42.0 Å². The van der Waals surface area contributed by atoms with E-state index in [0.29, 0.717) is 11.4 Å². The Labute approximate surface area is 169 Å². The average molecular weight is 386 g/mol. The molecule has 3 aromatic rings. The van der Waals surface area contributed by atoms with Gasteiger partial charge in [0.05, 0.1) is 11.4 Å². The van der Waals surface area contributed by atoms with E-state index in [9.17, 15) is 14.9 Å². The second-order valence-corrected chi connectivity index (χ2v) is 6.92. The zero-order valence-corrected chi connectivity index (χ0v) is 16.9. The van der Waals surface area contributed by atoms with Crippen molar-refractivity contribution in [3.63, 3.8) is 0 Å². The van der Waals surface area contributed by atoms with Gasteiger partial charge in [0.15, 0.2) is 0 Å². The second kappa shape index (κ2) is 8.03. The Balaban J connectivity index is 1.97. The van der Waals surface area contributed by atoms with Crippen LogP contribution in [-0.4, -0.2) is 15.3 Å². The Kier molecular flexibility index (Phi) is 5.51. The average Bonchev–Trinajstić information content (AvgIpc) is 2.91. The molecular formula is C23H22N4O2. The topological polar surface area (TPSA) is 79.8 Å². The fraction of sp³-hybridized carbons (Fsp3) is 0.174. The zero-order chi connectivity index (χ0) is 21.1. The Bertz CT molecular complexity index is 1210. The summed E-state index contributed by atoms with van der Waals surface area (Å²) in [5, 5.41) is 12.1. The molecule has 0 atom stereocenters. The molecule has 0 spiro atoms. The molecule has 1 aromatic heterocycles. The first kappa shape index (κ1) is 19.9. The zero-order valence-electron chi connectivity index (χ0n) is 16.9. The molecule has 0 radical (unpaired) electrons. The summed E-state index contributed by atoms with van der Waals surface area (Å²) in [7, 11) is 1.75. The number of hydrogen-bond donors (Lipinski definition) is 1. The summed E-state index contributed by atoms with van der Waals surface area (Å²) in [6.45, 7) is 5.65. The molecule has 3 rings (SSSR count). The minimum absolute atomic E-state index is 0.0640. The lowest BCUT2D eigenvalue weighted by Crippen LogP contribution is -2.23. The molecule has 6 nitrogen and oxygen atoms in total. The molecule has 0 aliphatic rings. The SMILES string of the molecule is Cc1ccc(/C=C(\C#N)C(=O)Nc2c(C)n(C)n(-c3ccccc3)c2=O)c(C)c1. The van der Waals surface area contributed by atoms with Gasteiger partial charge in [0.1, 0.15) is 17.3 Å². The van der Waals surface area contributed by atoms with Crippen LogP contribution in [0.3, 0.4) is 0 Å². The summed E-state index contributed by atoms with van der Waals surface area (Å²) in [6, 6.07) is 16.9. The van der Waals surface area contributed by atoms with Gasteiger partial charge in [0.25, 0.3) is 11.5 Å². The lowest BCUT2D eigenvalue weighted by atomic mass is 10.0. The summed E-state index contributed by atoms with van der Waals surface area (Å²) in [6.07, 6.45) is 1.54. The van der Waals surface area contributed by atoms with Crippen LogP contribution in [0.2, 0.25) is 0 Å². The maximum atomic E-state index is 12.9. The van der Waals surface area contributed by atoms with Crippen LogP contribution in [0.25, 0.3) is 11.8 Å². The monoisotopic (exact) mass is 386 g/mol. The minimum atomic E-state index is -0.613. The van der Waals surface area contributed by atoms with Crippen molar-refractivity contribution in [3.05, 3.63) is 86.8 Å². The Morgan fingerprint density at radius 3 is 2.41 bits per heavy atom. The standard InChI is InChI=1S/C23H22N4O2/c1-15-10-11-18(16(2)12-15)13-19(14-24)22(28)25-21-17(3)26(4)27(23(21)29)20-8-6-5-7-9-20/h5-13H,1-4H3,(H,25,28)/b19-13+. The number of para-hydroxylation sites is 1. The molecule has 1 N–H and O–H groups in total. The molecule has 0 bridgehead atoms. The van der Waals surface area contributed by atoms with Crippen molar-refractivity contribution >= 4 is 17.7 Å². The van der Waals surface area contributed by atoms with Crippen molar-refractivity contribution in [2.24, 2.45) is 7.05 Å². The number of benzene rings is 2. The van der Waals surface area contributed by atoms with E-state index in [1.54, 1.807) is 18.7 Å². The highest BCUT2D eigenvalue weighted by atomic mass is 16.2. The van der Waals surface area contributed by atoms with E-state index < -0.39 is 5.91 Å². The van der Waals surface area contributed by atoms with Gasteiger partial charge in [-0.25, -0.2) is 4.68 Å². The van der Waals surface area contributed by atoms with E-state index in [2.05, 4.69) is 5.32 Å². The number of amides is 1. The maximum Gasteiger partial charge on any atom is 0.295 e. The molecule has 0 saturated heterocycles. The highest BCUT2D eigenvalue weighted by molar-refractivity contribution is 6.09. The predicted octanol–water partition coefficient (Wildman–Crippen LogP) is 3.65. The van der Waals surface area contributed by atoms with Crippen molar-refractivity contribution in [1.29, 1.82) is 5.26 Å². The van der Waals surface area contributed by atoms with Crippen LogP contribution in [0.5, 0.6) is 0 Å². The number of aryl methyl sites for hydroxylation is 2. The molecule has 0 fully saturated rings. The van der Waals surface area contributed by atoms with Crippen molar-refractivity contribution in [3.8, 4) is 11.8 Å². The first-order chi connectivity index (χ1) is 13.8. The van der Waals surface area contributed by atoms with E-state index in [0.717, 1.165) is 16.7 Å². The summed E-state index contributed by atoms with van der Waals surface area (Å²) in [4.78, 5) is 25.7. The number of carbonyl (C=O) groups is 1. The number of nitrogens with one attached hydrogen (secondary N) is 1. The molecule has 6 heteroatoms. The lowest BCUT2D eigenvalue weighted by Gasteiger charge is -2.07. The van der Waals surface area contributed by atoms with Crippen molar-refractivity contribution in [1.82, 2.24) is 9.36 Å². The number of anilines is 1. The van der Waals surface area contributed by atoms with Gasteiger partial charge in [-0.05, 0) is 50.1 Å². The number of carbonyl (C=O) groups excluding carboxylic acids is 1.